The van der Waals surface area contributed by atoms with Gasteiger partial charge in [-0.1, -0.05) is 24.3 Å². The Kier molecular flexibility index (Phi) is 3.37. The topological polar surface area (TPSA) is 66.0 Å². The first-order valence-corrected chi connectivity index (χ1v) is 8.03. The van der Waals surface area contributed by atoms with Crippen LogP contribution in [0.4, 0.5) is 0 Å². The van der Waals surface area contributed by atoms with Crippen molar-refractivity contribution >= 4 is 16.9 Å². The van der Waals surface area contributed by atoms with E-state index in [0.717, 1.165) is 41.4 Å². The number of benzene rings is 2. The van der Waals surface area contributed by atoms with Gasteiger partial charge in [0.15, 0.2) is 0 Å². The Hall–Kier alpha value is -2.62. The van der Waals surface area contributed by atoms with Crippen LogP contribution in [0.1, 0.15) is 45.6 Å². The number of aromatic nitrogens is 2. The third kappa shape index (κ3) is 2.40. The fourth-order valence-corrected chi connectivity index (χ4v) is 3.63. The van der Waals surface area contributed by atoms with E-state index in [-0.39, 0.29) is 0 Å². The monoisotopic (exact) mass is 306 g/mol. The highest BCUT2D eigenvalue weighted by Gasteiger charge is 2.21. The second-order valence-corrected chi connectivity index (χ2v) is 6.14. The fraction of sp³-hybridized carbons (Fsp3) is 0.263. The van der Waals surface area contributed by atoms with Gasteiger partial charge in [0, 0.05) is 17.5 Å². The Morgan fingerprint density at radius 1 is 1.13 bits per heavy atom. The minimum absolute atomic E-state index is 0.421. The zero-order valence-electron chi connectivity index (χ0n) is 12.8. The lowest BCUT2D eigenvalue weighted by atomic mass is 9.84. The Labute approximate surface area is 134 Å². The fourth-order valence-electron chi connectivity index (χ4n) is 3.63. The molecule has 0 spiro atoms. The quantitative estimate of drug-likeness (QED) is 0.775. The molecule has 1 aliphatic carbocycles. The number of aromatic carboxylic acids is 1. The first kappa shape index (κ1) is 14.0. The maximum atomic E-state index is 11.7. The molecule has 4 nitrogen and oxygen atoms in total. The first-order chi connectivity index (χ1) is 11.2. The number of carbonyl (C=O) groups is 1. The molecule has 0 radical (unpaired) electrons. The van der Waals surface area contributed by atoms with Gasteiger partial charge in [0.05, 0.1) is 11.1 Å². The molecule has 3 aromatic rings. The second kappa shape index (κ2) is 5.54. The summed E-state index contributed by atoms with van der Waals surface area (Å²) in [5.41, 5.74) is 5.81. The summed E-state index contributed by atoms with van der Waals surface area (Å²) in [7, 11) is 0. The van der Waals surface area contributed by atoms with Crippen LogP contribution in [0.3, 0.4) is 0 Å². The van der Waals surface area contributed by atoms with E-state index in [1.54, 1.807) is 6.07 Å². The van der Waals surface area contributed by atoms with E-state index >= 15 is 0 Å². The maximum Gasteiger partial charge on any atom is 0.335 e. The number of carboxylic acid groups (broad SMARTS) is 1. The number of carboxylic acids is 1. The van der Waals surface area contributed by atoms with Gasteiger partial charge in [0.2, 0.25) is 0 Å². The van der Waals surface area contributed by atoms with Crippen molar-refractivity contribution in [3.8, 4) is 0 Å². The Morgan fingerprint density at radius 2 is 1.96 bits per heavy atom. The summed E-state index contributed by atoms with van der Waals surface area (Å²) >= 11 is 0. The number of nitrogens with one attached hydrogen (secondary N) is 1. The average Bonchev–Trinajstić information content (AvgIpc) is 2.98. The Balaban J connectivity index is 1.85. The van der Waals surface area contributed by atoms with E-state index < -0.39 is 5.97 Å². The van der Waals surface area contributed by atoms with Gasteiger partial charge in [-0.2, -0.15) is 5.10 Å². The lowest BCUT2D eigenvalue weighted by Gasteiger charge is -2.21. The molecule has 0 aliphatic heterocycles. The normalized spacial score (nSPS) is 13.9. The van der Waals surface area contributed by atoms with Crippen LogP contribution in [-0.4, -0.2) is 21.3 Å². The third-order valence-electron chi connectivity index (χ3n) is 4.78. The summed E-state index contributed by atoms with van der Waals surface area (Å²) in [5.74, 6) is -0.850. The highest BCUT2D eigenvalue weighted by molar-refractivity contribution is 5.90. The van der Waals surface area contributed by atoms with Crippen molar-refractivity contribution < 1.29 is 9.90 Å². The largest absolute Gasteiger partial charge is 0.478 e. The number of H-pyrrole nitrogens is 1. The van der Waals surface area contributed by atoms with E-state index in [1.807, 2.05) is 30.3 Å². The SMILES string of the molecule is O=C(O)c1ccc2c(c1Cc1[nH]nc3ccccc13)CCCC2. The summed E-state index contributed by atoms with van der Waals surface area (Å²) < 4.78 is 0. The lowest BCUT2D eigenvalue weighted by Crippen LogP contribution is -2.12. The number of aromatic amines is 1. The zero-order valence-corrected chi connectivity index (χ0v) is 12.8. The smallest absolute Gasteiger partial charge is 0.335 e. The van der Waals surface area contributed by atoms with Gasteiger partial charge < -0.3 is 5.11 Å². The molecule has 116 valence electrons. The number of hydrogen-bond donors (Lipinski definition) is 2. The van der Waals surface area contributed by atoms with Gasteiger partial charge in [-0.05, 0) is 54.5 Å². The van der Waals surface area contributed by atoms with Crippen LogP contribution in [0.5, 0.6) is 0 Å². The second-order valence-electron chi connectivity index (χ2n) is 6.14. The van der Waals surface area contributed by atoms with Crippen LogP contribution in [-0.2, 0) is 19.3 Å². The minimum atomic E-state index is -0.850. The van der Waals surface area contributed by atoms with E-state index in [2.05, 4.69) is 10.2 Å². The predicted octanol–water partition coefficient (Wildman–Crippen LogP) is 3.73. The summed E-state index contributed by atoms with van der Waals surface area (Å²) in [6.45, 7) is 0. The summed E-state index contributed by atoms with van der Waals surface area (Å²) in [4.78, 5) is 11.7. The van der Waals surface area contributed by atoms with Crippen molar-refractivity contribution in [2.24, 2.45) is 0 Å². The van der Waals surface area contributed by atoms with Gasteiger partial charge in [-0.15, -0.1) is 0 Å². The van der Waals surface area contributed by atoms with Gasteiger partial charge in [-0.25, -0.2) is 4.79 Å². The standard InChI is InChI=1S/C19H18N2O2/c22-19(23)14-10-9-12-5-1-2-6-13(12)16(14)11-18-15-7-3-4-8-17(15)20-21-18/h3-4,7-10H,1-2,5-6,11H2,(H,20,21)(H,22,23). The molecular weight excluding hydrogens is 288 g/mol. The molecule has 2 N–H and O–H groups in total. The van der Waals surface area contributed by atoms with Gasteiger partial charge in [-0.3, -0.25) is 5.10 Å². The molecule has 23 heavy (non-hydrogen) atoms. The number of rotatable bonds is 3. The van der Waals surface area contributed by atoms with Crippen LogP contribution in [0, 0.1) is 0 Å². The maximum absolute atomic E-state index is 11.7. The number of nitrogens with zero attached hydrogens (tertiary/aromatic N) is 1. The summed E-state index contributed by atoms with van der Waals surface area (Å²) in [5, 5.41) is 18.1. The molecular formula is C19H18N2O2. The molecule has 0 fully saturated rings. The van der Waals surface area contributed by atoms with Crippen LogP contribution in [0.15, 0.2) is 36.4 Å². The summed E-state index contributed by atoms with van der Waals surface area (Å²) in [6.07, 6.45) is 4.92. The molecule has 0 bridgehead atoms. The highest BCUT2D eigenvalue weighted by atomic mass is 16.4. The molecule has 0 atom stereocenters. The van der Waals surface area contributed by atoms with Gasteiger partial charge in [0.25, 0.3) is 0 Å². The van der Waals surface area contributed by atoms with Crippen molar-refractivity contribution in [1.29, 1.82) is 0 Å². The van der Waals surface area contributed by atoms with Gasteiger partial charge >= 0.3 is 5.97 Å². The van der Waals surface area contributed by atoms with Crippen LogP contribution >= 0.6 is 0 Å². The Bertz CT molecular complexity index is 896. The molecule has 0 saturated carbocycles. The molecule has 4 heteroatoms. The van der Waals surface area contributed by atoms with Crippen molar-refractivity contribution in [2.45, 2.75) is 32.1 Å². The lowest BCUT2D eigenvalue weighted by molar-refractivity contribution is 0.0695. The van der Waals surface area contributed by atoms with E-state index in [9.17, 15) is 9.90 Å². The summed E-state index contributed by atoms with van der Waals surface area (Å²) in [6, 6.07) is 11.7. The molecule has 1 heterocycles. The molecule has 1 aliphatic rings. The van der Waals surface area contributed by atoms with Crippen molar-refractivity contribution in [1.82, 2.24) is 10.2 Å². The molecule has 4 rings (SSSR count). The van der Waals surface area contributed by atoms with E-state index in [0.29, 0.717) is 12.0 Å². The molecule has 0 unspecified atom stereocenters. The third-order valence-corrected chi connectivity index (χ3v) is 4.78. The first-order valence-electron chi connectivity index (χ1n) is 8.03. The number of fused-ring (bicyclic) bond motifs is 2. The molecule has 1 aromatic heterocycles. The van der Waals surface area contributed by atoms with Crippen LogP contribution < -0.4 is 0 Å². The molecule has 0 saturated heterocycles. The minimum Gasteiger partial charge on any atom is -0.478 e. The number of hydrogen-bond acceptors (Lipinski definition) is 2. The number of aryl methyl sites for hydroxylation is 1. The molecule has 2 aromatic carbocycles. The average molecular weight is 306 g/mol. The predicted molar refractivity (Wildman–Crippen MR) is 88.9 cm³/mol. The number of para-hydroxylation sites is 1. The van der Waals surface area contributed by atoms with Crippen molar-refractivity contribution in [3.63, 3.8) is 0 Å². The molecule has 0 amide bonds. The zero-order chi connectivity index (χ0) is 15.8. The van der Waals surface area contributed by atoms with E-state index in [4.69, 9.17) is 0 Å². The van der Waals surface area contributed by atoms with Crippen molar-refractivity contribution in [2.75, 3.05) is 0 Å². The van der Waals surface area contributed by atoms with Crippen molar-refractivity contribution in [3.05, 3.63) is 64.3 Å². The Morgan fingerprint density at radius 3 is 2.83 bits per heavy atom. The van der Waals surface area contributed by atoms with Gasteiger partial charge in [0.1, 0.15) is 0 Å². The van der Waals surface area contributed by atoms with Crippen LogP contribution in [0.25, 0.3) is 10.9 Å². The van der Waals surface area contributed by atoms with Crippen LogP contribution in [0.2, 0.25) is 0 Å². The highest BCUT2D eigenvalue weighted by Crippen LogP contribution is 2.30. The van der Waals surface area contributed by atoms with E-state index in [1.165, 1.54) is 17.5 Å².